The fourth-order valence-electron chi connectivity index (χ4n) is 3.02. The highest BCUT2D eigenvalue weighted by molar-refractivity contribution is 7.07. The molecule has 2 fully saturated rings. The highest BCUT2D eigenvalue weighted by Crippen LogP contribution is 2.37. The second-order valence-electron chi connectivity index (χ2n) is 6.43. The van der Waals surface area contributed by atoms with E-state index in [1.807, 2.05) is 18.7 Å². The average Bonchev–Trinajstić information content (AvgIpc) is 3.14. The minimum atomic E-state index is -0.366. The predicted octanol–water partition coefficient (Wildman–Crippen LogP) is 2.05. The van der Waals surface area contributed by atoms with Crippen molar-refractivity contribution in [3.05, 3.63) is 22.4 Å². The van der Waals surface area contributed by atoms with Gasteiger partial charge in [-0.05, 0) is 53.5 Å². The zero-order chi connectivity index (χ0) is 15.0. The van der Waals surface area contributed by atoms with Gasteiger partial charge >= 0.3 is 0 Å². The molecule has 2 atom stereocenters. The first-order valence-electron chi connectivity index (χ1n) is 7.70. The number of amides is 2. The van der Waals surface area contributed by atoms with Gasteiger partial charge < -0.3 is 10.2 Å². The Hall–Kier alpha value is -1.36. The first kappa shape index (κ1) is 14.6. The van der Waals surface area contributed by atoms with Gasteiger partial charge in [0.2, 0.25) is 11.8 Å². The van der Waals surface area contributed by atoms with Crippen LogP contribution >= 0.6 is 11.3 Å². The number of carbonyl (C=O) groups excluding carboxylic acids is 2. The van der Waals surface area contributed by atoms with Crippen molar-refractivity contribution >= 4 is 23.2 Å². The molecule has 1 aliphatic carbocycles. The minimum absolute atomic E-state index is 0.0427. The van der Waals surface area contributed by atoms with Gasteiger partial charge in [0.1, 0.15) is 12.1 Å². The molecular formula is C16H22N2O2S. The van der Waals surface area contributed by atoms with E-state index >= 15 is 0 Å². The Balaban J connectivity index is 1.76. The molecule has 1 aliphatic heterocycles. The van der Waals surface area contributed by atoms with Crippen LogP contribution in [0, 0.1) is 11.8 Å². The summed E-state index contributed by atoms with van der Waals surface area (Å²) in [6.45, 7) is 4.61. The van der Waals surface area contributed by atoms with Gasteiger partial charge in [0.05, 0.1) is 0 Å². The first-order valence-corrected chi connectivity index (χ1v) is 8.64. The van der Waals surface area contributed by atoms with Crippen LogP contribution in [-0.4, -0.2) is 35.3 Å². The molecular weight excluding hydrogens is 284 g/mol. The van der Waals surface area contributed by atoms with Gasteiger partial charge in [-0.2, -0.15) is 11.3 Å². The Morgan fingerprint density at radius 1 is 1.38 bits per heavy atom. The fraction of sp³-hybridized carbons (Fsp3) is 0.625. The zero-order valence-corrected chi connectivity index (χ0v) is 13.4. The number of nitrogens with zero attached hydrogens (tertiary/aromatic N) is 1. The van der Waals surface area contributed by atoms with E-state index < -0.39 is 0 Å². The van der Waals surface area contributed by atoms with Crippen LogP contribution < -0.4 is 5.32 Å². The monoisotopic (exact) mass is 306 g/mol. The number of hydrogen-bond donors (Lipinski definition) is 1. The number of thiophene rings is 1. The van der Waals surface area contributed by atoms with Crippen molar-refractivity contribution in [2.24, 2.45) is 11.8 Å². The SMILES string of the molecule is CC(C)C1NC(=O)C(C2CC2)N(CCc2ccsc2)C1=O. The maximum absolute atomic E-state index is 12.7. The summed E-state index contributed by atoms with van der Waals surface area (Å²) in [4.78, 5) is 27.0. The zero-order valence-electron chi connectivity index (χ0n) is 12.5. The van der Waals surface area contributed by atoms with Gasteiger partial charge in [0, 0.05) is 6.54 Å². The van der Waals surface area contributed by atoms with Crippen molar-refractivity contribution in [3.8, 4) is 0 Å². The third kappa shape index (κ3) is 2.98. The number of carbonyl (C=O) groups is 2. The van der Waals surface area contributed by atoms with Gasteiger partial charge in [0.15, 0.2) is 0 Å². The summed E-state index contributed by atoms with van der Waals surface area (Å²) >= 11 is 1.67. The van der Waals surface area contributed by atoms with Crippen LogP contribution in [0.2, 0.25) is 0 Å². The van der Waals surface area contributed by atoms with Crippen LogP contribution in [0.25, 0.3) is 0 Å². The molecule has 2 amide bonds. The molecule has 1 aromatic heterocycles. The standard InChI is InChI=1S/C16H22N2O2S/c1-10(2)13-16(20)18(7-5-11-6-8-21-9-11)14(12-3-4-12)15(19)17-13/h6,8-10,12-14H,3-5,7H2,1-2H3,(H,17,19). The number of nitrogens with one attached hydrogen (secondary N) is 1. The summed E-state index contributed by atoms with van der Waals surface area (Å²) in [5.74, 6) is 0.632. The van der Waals surface area contributed by atoms with E-state index in [1.54, 1.807) is 11.3 Å². The van der Waals surface area contributed by atoms with Crippen molar-refractivity contribution in [3.63, 3.8) is 0 Å². The third-order valence-electron chi connectivity index (χ3n) is 4.41. The van der Waals surface area contributed by atoms with Crippen molar-refractivity contribution in [2.45, 2.75) is 45.2 Å². The van der Waals surface area contributed by atoms with E-state index in [2.05, 4.69) is 22.1 Å². The van der Waals surface area contributed by atoms with Crippen LogP contribution in [0.1, 0.15) is 32.3 Å². The lowest BCUT2D eigenvalue weighted by Gasteiger charge is -2.40. The molecule has 3 rings (SSSR count). The molecule has 1 aromatic rings. The summed E-state index contributed by atoms with van der Waals surface area (Å²) in [6, 6.07) is 1.48. The first-order chi connectivity index (χ1) is 10.1. The second-order valence-corrected chi connectivity index (χ2v) is 7.21. The molecule has 1 saturated carbocycles. The van der Waals surface area contributed by atoms with Crippen LogP contribution in [0.5, 0.6) is 0 Å². The van der Waals surface area contributed by atoms with Crippen molar-refractivity contribution in [1.29, 1.82) is 0 Å². The van der Waals surface area contributed by atoms with Crippen LogP contribution in [-0.2, 0) is 16.0 Å². The lowest BCUT2D eigenvalue weighted by Crippen LogP contribution is -2.65. The molecule has 2 heterocycles. The van der Waals surface area contributed by atoms with Gasteiger partial charge in [-0.3, -0.25) is 9.59 Å². The van der Waals surface area contributed by atoms with Crippen LogP contribution in [0.3, 0.4) is 0 Å². The van der Waals surface area contributed by atoms with E-state index in [4.69, 9.17) is 0 Å². The summed E-state index contributed by atoms with van der Waals surface area (Å²) < 4.78 is 0. The molecule has 1 saturated heterocycles. The highest BCUT2D eigenvalue weighted by Gasteiger charge is 2.48. The third-order valence-corrected chi connectivity index (χ3v) is 5.14. The predicted molar refractivity (Wildman–Crippen MR) is 83.0 cm³/mol. The molecule has 114 valence electrons. The summed E-state index contributed by atoms with van der Waals surface area (Å²) in [5.41, 5.74) is 1.24. The Morgan fingerprint density at radius 3 is 2.71 bits per heavy atom. The molecule has 5 heteroatoms. The molecule has 0 bridgehead atoms. The smallest absolute Gasteiger partial charge is 0.246 e. The molecule has 2 unspecified atom stereocenters. The maximum Gasteiger partial charge on any atom is 0.246 e. The van der Waals surface area contributed by atoms with Gasteiger partial charge in [-0.15, -0.1) is 0 Å². The van der Waals surface area contributed by atoms with E-state index in [-0.39, 0.29) is 29.8 Å². The fourth-order valence-corrected chi connectivity index (χ4v) is 3.73. The molecule has 0 spiro atoms. The van der Waals surface area contributed by atoms with Gasteiger partial charge in [-0.1, -0.05) is 13.8 Å². The molecule has 2 aliphatic rings. The van der Waals surface area contributed by atoms with Crippen LogP contribution in [0.15, 0.2) is 16.8 Å². The summed E-state index contributed by atoms with van der Waals surface area (Å²) in [7, 11) is 0. The Kier molecular flexibility index (Phi) is 4.02. The largest absolute Gasteiger partial charge is 0.342 e. The lowest BCUT2D eigenvalue weighted by atomic mass is 9.95. The molecule has 0 aromatic carbocycles. The van der Waals surface area contributed by atoms with E-state index in [0.29, 0.717) is 12.5 Å². The van der Waals surface area contributed by atoms with Crippen molar-refractivity contribution in [1.82, 2.24) is 10.2 Å². The Bertz CT molecular complexity index is 522. The maximum atomic E-state index is 12.7. The second kappa shape index (κ2) is 5.79. The molecule has 21 heavy (non-hydrogen) atoms. The number of hydrogen-bond acceptors (Lipinski definition) is 3. The molecule has 4 nitrogen and oxygen atoms in total. The normalized spacial score (nSPS) is 26.3. The van der Waals surface area contributed by atoms with Gasteiger partial charge in [-0.25, -0.2) is 0 Å². The van der Waals surface area contributed by atoms with Gasteiger partial charge in [0.25, 0.3) is 0 Å². The lowest BCUT2D eigenvalue weighted by molar-refractivity contribution is -0.151. The number of rotatable bonds is 5. The topological polar surface area (TPSA) is 49.4 Å². The van der Waals surface area contributed by atoms with E-state index in [0.717, 1.165) is 19.3 Å². The summed E-state index contributed by atoms with van der Waals surface area (Å²) in [6.07, 6.45) is 2.95. The quantitative estimate of drug-likeness (QED) is 0.905. The Labute approximate surface area is 129 Å². The van der Waals surface area contributed by atoms with E-state index in [1.165, 1.54) is 5.56 Å². The molecule has 1 N–H and O–H groups in total. The summed E-state index contributed by atoms with van der Waals surface area (Å²) in [5, 5.41) is 7.09. The highest BCUT2D eigenvalue weighted by atomic mass is 32.1. The Morgan fingerprint density at radius 2 is 2.14 bits per heavy atom. The van der Waals surface area contributed by atoms with Crippen molar-refractivity contribution < 1.29 is 9.59 Å². The minimum Gasteiger partial charge on any atom is -0.342 e. The van der Waals surface area contributed by atoms with Crippen LogP contribution in [0.4, 0.5) is 0 Å². The molecule has 0 radical (unpaired) electrons. The van der Waals surface area contributed by atoms with Crippen molar-refractivity contribution in [2.75, 3.05) is 6.54 Å². The van der Waals surface area contributed by atoms with E-state index in [9.17, 15) is 9.59 Å². The number of piperazine rings is 1. The average molecular weight is 306 g/mol.